The molecule has 0 bridgehead atoms. The Kier molecular flexibility index (Phi) is 3.67. The number of hydrogen-bond donors (Lipinski definition) is 1. The summed E-state index contributed by atoms with van der Waals surface area (Å²) in [5, 5.41) is 0.686. The monoisotopic (exact) mass is 269 g/mol. The molecule has 2 N–H and O–H groups in total. The normalized spacial score (nSPS) is 12.5. The van der Waals surface area contributed by atoms with Crippen LogP contribution in [0, 0.1) is 5.82 Å². The lowest BCUT2D eigenvalue weighted by molar-refractivity contribution is 0.627. The van der Waals surface area contributed by atoms with Crippen molar-refractivity contribution < 1.29 is 4.39 Å². The van der Waals surface area contributed by atoms with Gasteiger partial charge in [0.15, 0.2) is 0 Å². The second kappa shape index (κ2) is 5.05. The molecule has 0 aliphatic rings. The molecule has 0 aromatic heterocycles. The van der Waals surface area contributed by atoms with Crippen molar-refractivity contribution >= 4 is 23.2 Å². The van der Waals surface area contributed by atoms with E-state index in [0.29, 0.717) is 5.02 Å². The number of benzene rings is 2. The summed E-state index contributed by atoms with van der Waals surface area (Å²) in [7, 11) is 0. The topological polar surface area (TPSA) is 26.0 Å². The molecule has 0 aliphatic heterocycles. The molecule has 0 aliphatic carbocycles. The highest BCUT2D eigenvalue weighted by molar-refractivity contribution is 6.31. The van der Waals surface area contributed by atoms with Crippen LogP contribution in [0.25, 0.3) is 0 Å². The Bertz CT molecular complexity index is 543. The first-order valence-electron chi connectivity index (χ1n) is 5.04. The number of nitrogens with two attached hydrogens (primary N) is 1. The first kappa shape index (κ1) is 12.4. The van der Waals surface area contributed by atoms with E-state index in [1.54, 1.807) is 18.2 Å². The van der Waals surface area contributed by atoms with Gasteiger partial charge in [0.05, 0.1) is 11.1 Å². The van der Waals surface area contributed by atoms with Crippen molar-refractivity contribution in [2.75, 3.05) is 0 Å². The summed E-state index contributed by atoms with van der Waals surface area (Å²) in [5.41, 5.74) is 7.67. The lowest BCUT2D eigenvalue weighted by Crippen LogP contribution is -2.11. The van der Waals surface area contributed by atoms with Crippen molar-refractivity contribution in [1.29, 1.82) is 0 Å². The fraction of sp³-hybridized carbons (Fsp3) is 0.0769. The van der Waals surface area contributed by atoms with Crippen molar-refractivity contribution in [2.24, 2.45) is 5.73 Å². The quantitative estimate of drug-likeness (QED) is 0.870. The Balaban J connectivity index is 2.36. The van der Waals surface area contributed by atoms with Gasteiger partial charge >= 0.3 is 0 Å². The smallest absolute Gasteiger partial charge is 0.141 e. The molecule has 0 radical (unpaired) electrons. The zero-order valence-corrected chi connectivity index (χ0v) is 10.3. The highest BCUT2D eigenvalue weighted by Gasteiger charge is 2.11. The van der Waals surface area contributed by atoms with Gasteiger partial charge in [0.2, 0.25) is 0 Å². The van der Waals surface area contributed by atoms with Gasteiger partial charge in [0.1, 0.15) is 5.82 Å². The third-order valence-corrected chi connectivity index (χ3v) is 3.04. The van der Waals surface area contributed by atoms with Gasteiger partial charge < -0.3 is 5.73 Å². The number of hydrogen-bond acceptors (Lipinski definition) is 1. The molecule has 17 heavy (non-hydrogen) atoms. The summed E-state index contributed by atoms with van der Waals surface area (Å²) in [5.74, 6) is -0.450. The van der Waals surface area contributed by atoms with Gasteiger partial charge in [-0.05, 0) is 35.4 Å². The van der Waals surface area contributed by atoms with Gasteiger partial charge in [0.25, 0.3) is 0 Å². The van der Waals surface area contributed by atoms with E-state index in [2.05, 4.69) is 0 Å². The van der Waals surface area contributed by atoms with Crippen molar-refractivity contribution in [3.8, 4) is 0 Å². The largest absolute Gasteiger partial charge is 0.320 e. The fourth-order valence-electron chi connectivity index (χ4n) is 1.60. The van der Waals surface area contributed by atoms with E-state index in [0.717, 1.165) is 11.1 Å². The lowest BCUT2D eigenvalue weighted by atomic mass is 10.00. The summed E-state index contributed by atoms with van der Waals surface area (Å²) < 4.78 is 13.0. The summed E-state index contributed by atoms with van der Waals surface area (Å²) in [4.78, 5) is 0. The van der Waals surface area contributed by atoms with Crippen LogP contribution in [0.1, 0.15) is 17.2 Å². The zero-order valence-electron chi connectivity index (χ0n) is 8.83. The van der Waals surface area contributed by atoms with E-state index in [-0.39, 0.29) is 11.1 Å². The van der Waals surface area contributed by atoms with Crippen LogP contribution in [0.15, 0.2) is 42.5 Å². The zero-order chi connectivity index (χ0) is 12.4. The Morgan fingerprint density at radius 2 is 1.71 bits per heavy atom. The Morgan fingerprint density at radius 1 is 1.00 bits per heavy atom. The summed E-state index contributed by atoms with van der Waals surface area (Å²) in [6.07, 6.45) is 0. The minimum Gasteiger partial charge on any atom is -0.320 e. The highest BCUT2D eigenvalue weighted by Crippen LogP contribution is 2.25. The molecule has 88 valence electrons. The maximum absolute atomic E-state index is 13.0. The van der Waals surface area contributed by atoms with E-state index >= 15 is 0 Å². The molecule has 2 rings (SSSR count). The molecule has 4 heteroatoms. The maximum Gasteiger partial charge on any atom is 0.141 e. The minimum atomic E-state index is -0.450. The summed E-state index contributed by atoms with van der Waals surface area (Å²) >= 11 is 11.6. The Morgan fingerprint density at radius 3 is 2.35 bits per heavy atom. The van der Waals surface area contributed by atoms with Gasteiger partial charge in [-0.15, -0.1) is 0 Å². The lowest BCUT2D eigenvalue weighted by Gasteiger charge is -2.13. The molecular formula is C13H10Cl2FN. The molecule has 1 unspecified atom stereocenters. The second-order valence-electron chi connectivity index (χ2n) is 3.71. The van der Waals surface area contributed by atoms with Crippen molar-refractivity contribution in [3.05, 3.63) is 69.5 Å². The maximum atomic E-state index is 13.0. The summed E-state index contributed by atoms with van der Waals surface area (Å²) in [6.45, 7) is 0. The Hall–Kier alpha value is -1.09. The van der Waals surface area contributed by atoms with Crippen LogP contribution in [-0.2, 0) is 0 Å². The molecule has 1 atom stereocenters. The molecule has 1 nitrogen and oxygen atoms in total. The molecule has 0 spiro atoms. The van der Waals surface area contributed by atoms with Crippen molar-refractivity contribution in [3.63, 3.8) is 0 Å². The van der Waals surface area contributed by atoms with Crippen LogP contribution in [0.2, 0.25) is 10.0 Å². The van der Waals surface area contributed by atoms with Crippen LogP contribution in [0.3, 0.4) is 0 Å². The number of rotatable bonds is 2. The molecule has 0 heterocycles. The van der Waals surface area contributed by atoms with Gasteiger partial charge in [0, 0.05) is 5.02 Å². The van der Waals surface area contributed by atoms with Crippen LogP contribution in [0.4, 0.5) is 4.39 Å². The average Bonchev–Trinajstić information content (AvgIpc) is 2.32. The summed E-state index contributed by atoms with van der Waals surface area (Å²) in [6, 6.07) is 11.3. The van der Waals surface area contributed by atoms with Gasteiger partial charge in [-0.25, -0.2) is 4.39 Å². The van der Waals surface area contributed by atoms with Gasteiger partial charge in [-0.2, -0.15) is 0 Å². The molecule has 0 saturated carbocycles. The van der Waals surface area contributed by atoms with Crippen LogP contribution < -0.4 is 5.73 Å². The first-order valence-corrected chi connectivity index (χ1v) is 5.79. The van der Waals surface area contributed by atoms with E-state index in [4.69, 9.17) is 28.9 Å². The Labute approximate surface area is 109 Å². The first-order chi connectivity index (χ1) is 8.08. The van der Waals surface area contributed by atoms with Gasteiger partial charge in [-0.1, -0.05) is 41.4 Å². The van der Waals surface area contributed by atoms with E-state index in [1.165, 1.54) is 12.1 Å². The molecule has 0 saturated heterocycles. The van der Waals surface area contributed by atoms with E-state index in [1.807, 2.05) is 12.1 Å². The predicted octanol–water partition coefficient (Wildman–Crippen LogP) is 4.18. The second-order valence-corrected chi connectivity index (χ2v) is 4.55. The van der Waals surface area contributed by atoms with Crippen molar-refractivity contribution in [2.45, 2.75) is 6.04 Å². The third-order valence-electron chi connectivity index (χ3n) is 2.51. The molecule has 0 amide bonds. The molecular weight excluding hydrogens is 260 g/mol. The fourth-order valence-corrected chi connectivity index (χ4v) is 1.99. The molecule has 2 aromatic carbocycles. The van der Waals surface area contributed by atoms with Crippen LogP contribution >= 0.6 is 23.2 Å². The highest BCUT2D eigenvalue weighted by atomic mass is 35.5. The average molecular weight is 270 g/mol. The molecule has 2 aromatic rings. The van der Waals surface area contributed by atoms with Crippen molar-refractivity contribution in [1.82, 2.24) is 0 Å². The van der Waals surface area contributed by atoms with E-state index < -0.39 is 5.82 Å². The number of halogens is 3. The SMILES string of the molecule is NC(c1cccc(Cl)c1)c1ccc(F)c(Cl)c1. The molecule has 0 fully saturated rings. The third kappa shape index (κ3) is 2.78. The minimum absolute atomic E-state index is 0.0694. The van der Waals surface area contributed by atoms with E-state index in [9.17, 15) is 4.39 Å². The van der Waals surface area contributed by atoms with Crippen LogP contribution in [0.5, 0.6) is 0 Å². The standard InChI is InChI=1S/C13H10Cl2FN/c14-10-3-1-2-8(6-10)13(17)9-4-5-12(16)11(15)7-9/h1-7,13H,17H2. The predicted molar refractivity (Wildman–Crippen MR) is 68.9 cm³/mol. The van der Waals surface area contributed by atoms with Crippen LogP contribution in [-0.4, -0.2) is 0 Å². The van der Waals surface area contributed by atoms with Gasteiger partial charge in [-0.3, -0.25) is 0 Å².